The van der Waals surface area contributed by atoms with Crippen LogP contribution in [0.25, 0.3) is 0 Å². The molecule has 0 aliphatic heterocycles. The highest BCUT2D eigenvalue weighted by molar-refractivity contribution is 7.99. The molecule has 1 aromatic heterocycles. The van der Waals surface area contributed by atoms with Gasteiger partial charge in [0.2, 0.25) is 0 Å². The van der Waals surface area contributed by atoms with Crippen molar-refractivity contribution < 1.29 is 4.74 Å². The fourth-order valence-corrected chi connectivity index (χ4v) is 3.44. The zero-order chi connectivity index (χ0) is 14.3. The topological polar surface area (TPSA) is 71.1 Å². The third-order valence-corrected chi connectivity index (χ3v) is 4.54. The minimum Gasteiger partial charge on any atom is -0.396 e. The first-order valence-electron chi connectivity index (χ1n) is 6.32. The summed E-state index contributed by atoms with van der Waals surface area (Å²) in [4.78, 5) is 1.58. The first-order chi connectivity index (χ1) is 9.10. The summed E-state index contributed by atoms with van der Waals surface area (Å²) in [6.07, 6.45) is 4.35. The van der Waals surface area contributed by atoms with Crippen molar-refractivity contribution >= 4 is 33.8 Å². The van der Waals surface area contributed by atoms with Gasteiger partial charge in [-0.25, -0.2) is 0 Å². The number of thioether (sulfide) groups is 1. The smallest absolute Gasteiger partial charge is 0.131 e. The molecule has 0 aliphatic rings. The number of nitrogens with two attached hydrogens (primary N) is 1. The summed E-state index contributed by atoms with van der Waals surface area (Å²) >= 11 is 3.01. The zero-order valence-corrected chi connectivity index (χ0v) is 13.3. The van der Waals surface area contributed by atoms with E-state index >= 15 is 0 Å². The molecule has 0 aliphatic carbocycles. The molecule has 0 amide bonds. The first-order valence-corrected chi connectivity index (χ1v) is 8.36. The van der Waals surface area contributed by atoms with E-state index in [9.17, 15) is 0 Å². The van der Waals surface area contributed by atoms with E-state index in [0.29, 0.717) is 16.7 Å². The van der Waals surface area contributed by atoms with Crippen molar-refractivity contribution in [2.24, 2.45) is 0 Å². The van der Waals surface area contributed by atoms with Crippen molar-refractivity contribution in [3.63, 3.8) is 0 Å². The fourth-order valence-electron chi connectivity index (χ4n) is 1.58. The maximum atomic E-state index is 8.97. The number of anilines is 2. The number of thiophene rings is 1. The Morgan fingerprint density at radius 3 is 2.79 bits per heavy atom. The van der Waals surface area contributed by atoms with E-state index in [1.54, 1.807) is 11.8 Å². The van der Waals surface area contributed by atoms with Crippen molar-refractivity contribution in [1.82, 2.24) is 0 Å². The van der Waals surface area contributed by atoms with Gasteiger partial charge >= 0.3 is 0 Å². The molecule has 0 spiro atoms. The van der Waals surface area contributed by atoms with Gasteiger partial charge in [0.05, 0.1) is 16.7 Å². The molecule has 0 aromatic carbocycles. The highest BCUT2D eigenvalue weighted by Crippen LogP contribution is 2.41. The van der Waals surface area contributed by atoms with Gasteiger partial charge in [0, 0.05) is 13.2 Å². The van der Waals surface area contributed by atoms with Gasteiger partial charge in [-0.3, -0.25) is 0 Å². The van der Waals surface area contributed by atoms with Crippen LogP contribution < -0.4 is 11.1 Å². The molecule has 6 heteroatoms. The minimum atomic E-state index is 0.298. The van der Waals surface area contributed by atoms with Crippen LogP contribution in [0.4, 0.5) is 10.7 Å². The van der Waals surface area contributed by atoms with E-state index in [-0.39, 0.29) is 0 Å². The van der Waals surface area contributed by atoms with Crippen molar-refractivity contribution in [3.8, 4) is 6.07 Å². The van der Waals surface area contributed by atoms with Gasteiger partial charge < -0.3 is 15.8 Å². The number of nitrogens with one attached hydrogen (secondary N) is 1. The van der Waals surface area contributed by atoms with Crippen molar-refractivity contribution in [2.45, 2.75) is 37.7 Å². The second-order valence-electron chi connectivity index (χ2n) is 4.37. The Kier molecular flexibility index (Phi) is 7.06. The van der Waals surface area contributed by atoms with E-state index in [4.69, 9.17) is 15.7 Å². The lowest BCUT2D eigenvalue weighted by atomic mass is 10.3. The summed E-state index contributed by atoms with van der Waals surface area (Å²) in [7, 11) is 0. The van der Waals surface area contributed by atoms with Gasteiger partial charge in [-0.2, -0.15) is 5.26 Å². The maximum Gasteiger partial charge on any atom is 0.131 e. The third kappa shape index (κ3) is 4.94. The summed E-state index contributed by atoms with van der Waals surface area (Å²) in [5, 5.41) is 13.3. The quantitative estimate of drug-likeness (QED) is 0.567. The number of unbranched alkanes of at least 4 members (excludes halogenated alkanes) is 1. The Hall–Kier alpha value is -0.900. The molecule has 4 nitrogen and oxygen atoms in total. The highest BCUT2D eigenvalue weighted by Gasteiger charge is 2.14. The first kappa shape index (κ1) is 16.2. The van der Waals surface area contributed by atoms with Gasteiger partial charge in [-0.05, 0) is 32.9 Å². The van der Waals surface area contributed by atoms with Crippen molar-refractivity contribution in [2.75, 3.05) is 30.5 Å². The van der Waals surface area contributed by atoms with Crippen LogP contribution in [0.15, 0.2) is 4.90 Å². The molecule has 0 unspecified atom stereocenters. The molecule has 19 heavy (non-hydrogen) atoms. The molecule has 3 N–H and O–H groups in total. The molecule has 0 bridgehead atoms. The molecule has 1 aromatic rings. The van der Waals surface area contributed by atoms with Gasteiger partial charge in [-0.1, -0.05) is 0 Å². The standard InChI is InChI=1S/C13H21N3OS2/c1-9(2)17-7-5-4-6-16-13-12(18-3)11(15)10(8-14)19-13/h9,16H,4-7,15H2,1-3H3. The predicted molar refractivity (Wildman–Crippen MR) is 84.0 cm³/mol. The summed E-state index contributed by atoms with van der Waals surface area (Å²) in [5.74, 6) is 0. The molecular weight excluding hydrogens is 278 g/mol. The number of nitriles is 1. The van der Waals surface area contributed by atoms with E-state index in [1.807, 2.05) is 20.1 Å². The zero-order valence-electron chi connectivity index (χ0n) is 11.7. The van der Waals surface area contributed by atoms with Crippen molar-refractivity contribution in [1.29, 1.82) is 5.26 Å². The number of rotatable bonds is 8. The second kappa shape index (κ2) is 8.31. The number of ether oxygens (including phenoxy) is 1. The lowest BCUT2D eigenvalue weighted by Crippen LogP contribution is -2.06. The number of hydrogen-bond acceptors (Lipinski definition) is 6. The number of nitrogens with zero attached hydrogens (tertiary/aromatic N) is 1. The van der Waals surface area contributed by atoms with Crippen LogP contribution in [-0.2, 0) is 4.74 Å². The molecule has 0 atom stereocenters. The minimum absolute atomic E-state index is 0.298. The van der Waals surface area contributed by atoms with Crippen LogP contribution in [0.3, 0.4) is 0 Å². The molecule has 0 radical (unpaired) electrons. The van der Waals surface area contributed by atoms with Gasteiger partial charge in [0.1, 0.15) is 15.9 Å². The average Bonchev–Trinajstić information content (AvgIpc) is 2.69. The maximum absolute atomic E-state index is 8.97. The van der Waals surface area contributed by atoms with Crippen molar-refractivity contribution in [3.05, 3.63) is 4.88 Å². The van der Waals surface area contributed by atoms with E-state index < -0.39 is 0 Å². The van der Waals surface area contributed by atoms with E-state index in [1.165, 1.54) is 11.3 Å². The average molecular weight is 299 g/mol. The summed E-state index contributed by atoms with van der Waals surface area (Å²) in [5.41, 5.74) is 6.52. The molecule has 0 saturated heterocycles. The Morgan fingerprint density at radius 1 is 1.47 bits per heavy atom. The van der Waals surface area contributed by atoms with Gasteiger partial charge in [0.25, 0.3) is 0 Å². The van der Waals surface area contributed by atoms with Crippen LogP contribution in [0.1, 0.15) is 31.6 Å². The van der Waals surface area contributed by atoms with Crippen LogP contribution in [0.2, 0.25) is 0 Å². The lowest BCUT2D eigenvalue weighted by Gasteiger charge is -2.08. The molecule has 1 heterocycles. The molecule has 0 fully saturated rings. The Bertz CT molecular complexity index is 438. The predicted octanol–water partition coefficient (Wildman–Crippen LogP) is 3.54. The second-order valence-corrected chi connectivity index (χ2v) is 6.21. The van der Waals surface area contributed by atoms with Gasteiger partial charge in [-0.15, -0.1) is 23.1 Å². The summed E-state index contributed by atoms with van der Waals surface area (Å²) < 4.78 is 5.49. The monoisotopic (exact) mass is 299 g/mol. The van der Waals surface area contributed by atoms with E-state index in [0.717, 1.165) is 35.9 Å². The van der Waals surface area contributed by atoms with E-state index in [2.05, 4.69) is 11.4 Å². The lowest BCUT2D eigenvalue weighted by molar-refractivity contribution is 0.0765. The number of hydrogen-bond donors (Lipinski definition) is 2. The highest BCUT2D eigenvalue weighted by atomic mass is 32.2. The summed E-state index contributed by atoms with van der Waals surface area (Å²) in [6.45, 7) is 5.76. The largest absolute Gasteiger partial charge is 0.396 e. The molecular formula is C13H21N3OS2. The molecule has 0 saturated carbocycles. The SMILES string of the molecule is CSc1c(NCCCCOC(C)C)sc(C#N)c1N. The summed E-state index contributed by atoms with van der Waals surface area (Å²) in [6, 6.07) is 2.13. The molecule has 106 valence electrons. The van der Waals surface area contributed by atoms with Crippen LogP contribution in [0.5, 0.6) is 0 Å². The Labute approximate surface area is 123 Å². The Balaban J connectivity index is 2.39. The number of nitrogen functional groups attached to an aromatic ring is 1. The normalized spacial score (nSPS) is 10.7. The van der Waals surface area contributed by atoms with Crippen LogP contribution >= 0.6 is 23.1 Å². The van der Waals surface area contributed by atoms with Crippen LogP contribution in [-0.4, -0.2) is 25.5 Å². The fraction of sp³-hybridized carbons (Fsp3) is 0.615. The Morgan fingerprint density at radius 2 is 2.21 bits per heavy atom. The van der Waals surface area contributed by atoms with Gasteiger partial charge in [0.15, 0.2) is 0 Å². The third-order valence-electron chi connectivity index (χ3n) is 2.51. The van der Waals surface area contributed by atoms with Crippen LogP contribution in [0, 0.1) is 11.3 Å². The molecule has 1 rings (SSSR count).